The second-order valence-electron chi connectivity index (χ2n) is 6.53. The molecule has 0 aliphatic carbocycles. The van der Waals surface area contributed by atoms with E-state index in [9.17, 15) is 13.2 Å². The van der Waals surface area contributed by atoms with Gasteiger partial charge in [-0.15, -0.1) is 11.3 Å². The third kappa shape index (κ3) is 3.21. The molecule has 3 nitrogen and oxygen atoms in total. The molecule has 0 spiro atoms. The van der Waals surface area contributed by atoms with Crippen molar-refractivity contribution < 1.29 is 22.6 Å². The zero-order chi connectivity index (χ0) is 20.1. The molecule has 0 fully saturated rings. The van der Waals surface area contributed by atoms with E-state index in [1.807, 2.05) is 12.1 Å². The van der Waals surface area contributed by atoms with E-state index in [0.717, 1.165) is 41.1 Å². The van der Waals surface area contributed by atoms with Gasteiger partial charge in [0.05, 0.1) is 30.8 Å². The van der Waals surface area contributed by atoms with Gasteiger partial charge in [0.1, 0.15) is 0 Å². The first-order chi connectivity index (χ1) is 13.3. The fourth-order valence-corrected chi connectivity index (χ4v) is 5.24. The Kier molecular flexibility index (Phi) is 4.93. The van der Waals surface area contributed by atoms with E-state index >= 15 is 0 Å². The van der Waals surface area contributed by atoms with E-state index in [1.165, 1.54) is 17.4 Å². The number of methoxy groups -OCH3 is 2. The van der Waals surface area contributed by atoms with Gasteiger partial charge in [-0.05, 0) is 41.8 Å². The maximum Gasteiger partial charge on any atom is 0.416 e. The summed E-state index contributed by atoms with van der Waals surface area (Å²) in [6.07, 6.45) is -3.57. The molecule has 2 heterocycles. The lowest BCUT2D eigenvalue weighted by atomic mass is 9.92. The maximum absolute atomic E-state index is 13.1. The fourth-order valence-electron chi connectivity index (χ4n) is 3.56. The molecule has 0 saturated carbocycles. The predicted molar refractivity (Wildman–Crippen MR) is 105 cm³/mol. The third-order valence-corrected chi connectivity index (χ3v) is 6.68. The highest BCUT2D eigenvalue weighted by Crippen LogP contribution is 2.45. The van der Waals surface area contributed by atoms with Crippen LogP contribution in [0.3, 0.4) is 0 Å². The van der Waals surface area contributed by atoms with Crippen molar-refractivity contribution in [1.82, 2.24) is 5.32 Å². The summed E-state index contributed by atoms with van der Waals surface area (Å²) in [6, 6.07) is 7.31. The highest BCUT2D eigenvalue weighted by molar-refractivity contribution is 7.20. The molecule has 1 aromatic heterocycles. The van der Waals surface area contributed by atoms with Gasteiger partial charge < -0.3 is 14.8 Å². The summed E-state index contributed by atoms with van der Waals surface area (Å²) >= 11 is 7.87. The minimum Gasteiger partial charge on any atom is -0.493 e. The van der Waals surface area contributed by atoms with Crippen molar-refractivity contribution in [3.63, 3.8) is 0 Å². The molecule has 1 unspecified atom stereocenters. The Bertz CT molecular complexity index is 1050. The molecule has 0 amide bonds. The fraction of sp³-hybridized carbons (Fsp3) is 0.300. The molecule has 2 aromatic carbocycles. The maximum atomic E-state index is 13.1. The highest BCUT2D eigenvalue weighted by atomic mass is 35.5. The number of thiophene rings is 1. The van der Waals surface area contributed by atoms with Crippen LogP contribution in [0.4, 0.5) is 13.2 Å². The van der Waals surface area contributed by atoms with Gasteiger partial charge in [0.2, 0.25) is 0 Å². The van der Waals surface area contributed by atoms with Crippen LogP contribution >= 0.6 is 22.9 Å². The molecule has 148 valence electrons. The standard InChI is InChI=1S/C20H17ClF3NO2S/c1-26-14-7-10-5-6-25-18(13(10)9-15(14)27-2)19-17(21)12-4-3-11(20(22,23)24)8-16(12)28-19/h3-4,7-9,18,25H,5-6H2,1-2H3. The molecule has 8 heteroatoms. The SMILES string of the molecule is COc1cc2c(cc1OC)C(c1sc3cc(C(F)(F)F)ccc3c1Cl)NCC2. The molecular formula is C20H17ClF3NO2S. The summed E-state index contributed by atoms with van der Waals surface area (Å²) in [7, 11) is 3.16. The Morgan fingerprint density at radius 1 is 1.11 bits per heavy atom. The molecule has 0 saturated heterocycles. The molecule has 3 aromatic rings. The lowest BCUT2D eigenvalue weighted by Gasteiger charge is -2.27. The van der Waals surface area contributed by atoms with Crippen LogP contribution in [0.25, 0.3) is 10.1 Å². The minimum absolute atomic E-state index is 0.220. The van der Waals surface area contributed by atoms with Gasteiger partial charge in [-0.1, -0.05) is 17.7 Å². The Morgan fingerprint density at radius 3 is 2.50 bits per heavy atom. The number of hydrogen-bond acceptors (Lipinski definition) is 4. The zero-order valence-corrected chi connectivity index (χ0v) is 16.7. The number of hydrogen-bond donors (Lipinski definition) is 1. The Morgan fingerprint density at radius 2 is 1.82 bits per heavy atom. The average Bonchev–Trinajstić information content (AvgIpc) is 3.01. The quantitative estimate of drug-likeness (QED) is 0.570. The Balaban J connectivity index is 1.84. The third-order valence-electron chi connectivity index (χ3n) is 4.94. The predicted octanol–water partition coefficient (Wildman–Crippen LogP) is 5.83. The van der Waals surface area contributed by atoms with Crippen LogP contribution in [0.1, 0.15) is 27.6 Å². The van der Waals surface area contributed by atoms with Crippen molar-refractivity contribution in [2.75, 3.05) is 20.8 Å². The summed E-state index contributed by atoms with van der Waals surface area (Å²) in [6.45, 7) is 0.728. The topological polar surface area (TPSA) is 30.5 Å². The number of halogens is 4. The summed E-state index contributed by atoms with van der Waals surface area (Å²) in [4.78, 5) is 0.796. The van der Waals surface area contributed by atoms with E-state index in [-0.39, 0.29) is 6.04 Å². The molecule has 1 aliphatic rings. The minimum atomic E-state index is -4.38. The van der Waals surface area contributed by atoms with Gasteiger partial charge in [0.15, 0.2) is 11.5 Å². The molecule has 0 bridgehead atoms. The summed E-state index contributed by atoms with van der Waals surface area (Å²) in [5.74, 6) is 1.26. The molecule has 28 heavy (non-hydrogen) atoms. The number of fused-ring (bicyclic) bond motifs is 2. The molecule has 4 rings (SSSR count). The summed E-state index contributed by atoms with van der Waals surface area (Å²) in [5.41, 5.74) is 1.42. The number of nitrogens with one attached hydrogen (secondary N) is 1. The highest BCUT2D eigenvalue weighted by Gasteiger charge is 2.32. The van der Waals surface area contributed by atoms with Gasteiger partial charge in [0, 0.05) is 21.5 Å². The van der Waals surface area contributed by atoms with Crippen LogP contribution in [0.2, 0.25) is 5.02 Å². The first-order valence-corrected chi connectivity index (χ1v) is 9.80. The molecule has 1 atom stereocenters. The van der Waals surface area contributed by atoms with Gasteiger partial charge in [-0.2, -0.15) is 13.2 Å². The molecule has 1 N–H and O–H groups in total. The van der Waals surface area contributed by atoms with Crippen LogP contribution in [0.15, 0.2) is 30.3 Å². The van der Waals surface area contributed by atoms with Gasteiger partial charge in [-0.25, -0.2) is 0 Å². The Hall–Kier alpha value is -1.96. The van der Waals surface area contributed by atoms with Crippen molar-refractivity contribution in [3.05, 3.63) is 56.9 Å². The lowest BCUT2D eigenvalue weighted by Crippen LogP contribution is -2.30. The average molecular weight is 428 g/mol. The van der Waals surface area contributed by atoms with Crippen molar-refractivity contribution in [3.8, 4) is 11.5 Å². The smallest absolute Gasteiger partial charge is 0.416 e. The van der Waals surface area contributed by atoms with Crippen molar-refractivity contribution >= 4 is 33.0 Å². The number of alkyl halides is 3. The summed E-state index contributed by atoms with van der Waals surface area (Å²) < 4.78 is 50.5. The van der Waals surface area contributed by atoms with E-state index in [4.69, 9.17) is 21.1 Å². The molecular weight excluding hydrogens is 411 g/mol. The van der Waals surface area contributed by atoms with Crippen LogP contribution in [-0.2, 0) is 12.6 Å². The zero-order valence-electron chi connectivity index (χ0n) is 15.1. The largest absolute Gasteiger partial charge is 0.493 e. The second-order valence-corrected chi connectivity index (χ2v) is 7.99. The Labute approximate surface area is 169 Å². The first kappa shape index (κ1) is 19.4. The van der Waals surface area contributed by atoms with E-state index in [2.05, 4.69) is 5.32 Å². The second kappa shape index (κ2) is 7.13. The van der Waals surface area contributed by atoms with Crippen LogP contribution in [0.5, 0.6) is 11.5 Å². The number of rotatable bonds is 3. The van der Waals surface area contributed by atoms with Crippen molar-refractivity contribution in [2.45, 2.75) is 18.6 Å². The molecule has 0 radical (unpaired) electrons. The molecule has 1 aliphatic heterocycles. The van der Waals surface area contributed by atoms with Gasteiger partial charge in [-0.3, -0.25) is 0 Å². The monoisotopic (exact) mass is 427 g/mol. The van der Waals surface area contributed by atoms with Crippen LogP contribution in [0, 0.1) is 0 Å². The number of ether oxygens (including phenoxy) is 2. The normalized spacial score (nSPS) is 16.9. The van der Waals surface area contributed by atoms with E-state index < -0.39 is 11.7 Å². The van der Waals surface area contributed by atoms with Gasteiger partial charge in [0.25, 0.3) is 0 Å². The number of benzene rings is 2. The lowest BCUT2D eigenvalue weighted by molar-refractivity contribution is -0.137. The van der Waals surface area contributed by atoms with E-state index in [1.54, 1.807) is 14.2 Å². The van der Waals surface area contributed by atoms with Crippen LogP contribution in [-0.4, -0.2) is 20.8 Å². The van der Waals surface area contributed by atoms with Crippen molar-refractivity contribution in [1.29, 1.82) is 0 Å². The summed E-state index contributed by atoms with van der Waals surface area (Å²) in [5, 5.41) is 4.54. The van der Waals surface area contributed by atoms with Crippen LogP contribution < -0.4 is 14.8 Å². The van der Waals surface area contributed by atoms with Crippen molar-refractivity contribution in [2.24, 2.45) is 0 Å². The van der Waals surface area contributed by atoms with E-state index in [0.29, 0.717) is 26.6 Å². The first-order valence-electron chi connectivity index (χ1n) is 8.60. The van der Waals surface area contributed by atoms with Gasteiger partial charge >= 0.3 is 6.18 Å².